The zero-order valence-corrected chi connectivity index (χ0v) is 12.2. The molecule has 1 heterocycles. The molecular formula is C15H10Cl2FN3. The maximum atomic E-state index is 13.2. The number of hydrogen-bond donors (Lipinski definition) is 2. The first-order chi connectivity index (χ1) is 10.0. The van der Waals surface area contributed by atoms with Gasteiger partial charge in [-0.05, 0) is 36.4 Å². The van der Waals surface area contributed by atoms with Crippen molar-refractivity contribution in [3.63, 3.8) is 0 Å². The molecule has 0 spiro atoms. The molecule has 0 aliphatic rings. The van der Waals surface area contributed by atoms with Gasteiger partial charge in [0.1, 0.15) is 5.82 Å². The number of pyridine rings is 1. The summed E-state index contributed by atoms with van der Waals surface area (Å²) in [6, 6.07) is 9.60. The zero-order valence-electron chi connectivity index (χ0n) is 10.7. The highest BCUT2D eigenvalue weighted by atomic mass is 35.5. The maximum absolute atomic E-state index is 13.2. The number of nitrogens with two attached hydrogens (primary N) is 1. The van der Waals surface area contributed by atoms with Gasteiger partial charge in [-0.2, -0.15) is 0 Å². The third kappa shape index (κ3) is 2.73. The van der Waals surface area contributed by atoms with Crippen molar-refractivity contribution < 1.29 is 4.39 Å². The molecule has 3 N–H and O–H groups in total. The molecule has 3 nitrogen and oxygen atoms in total. The van der Waals surface area contributed by atoms with Crippen LogP contribution in [0.4, 0.5) is 21.5 Å². The summed E-state index contributed by atoms with van der Waals surface area (Å²) in [6.45, 7) is 0. The van der Waals surface area contributed by atoms with E-state index < -0.39 is 5.82 Å². The molecule has 0 bridgehead atoms. The molecule has 0 fully saturated rings. The Morgan fingerprint density at radius 3 is 2.48 bits per heavy atom. The van der Waals surface area contributed by atoms with Crippen LogP contribution in [0, 0.1) is 5.82 Å². The lowest BCUT2D eigenvalue weighted by Gasteiger charge is -2.13. The van der Waals surface area contributed by atoms with Gasteiger partial charge < -0.3 is 11.1 Å². The van der Waals surface area contributed by atoms with Crippen LogP contribution >= 0.6 is 23.2 Å². The van der Waals surface area contributed by atoms with Gasteiger partial charge in [0.25, 0.3) is 0 Å². The maximum Gasteiger partial charge on any atom is 0.126 e. The quantitative estimate of drug-likeness (QED) is 0.652. The van der Waals surface area contributed by atoms with E-state index >= 15 is 0 Å². The smallest absolute Gasteiger partial charge is 0.126 e. The molecule has 0 aliphatic heterocycles. The average Bonchev–Trinajstić information content (AvgIpc) is 2.42. The van der Waals surface area contributed by atoms with Crippen molar-refractivity contribution >= 4 is 51.2 Å². The highest BCUT2D eigenvalue weighted by Crippen LogP contribution is 2.35. The molecule has 3 rings (SSSR count). The lowest BCUT2D eigenvalue weighted by atomic mass is 10.1. The number of hydrogen-bond acceptors (Lipinski definition) is 3. The Labute approximate surface area is 130 Å². The lowest BCUT2D eigenvalue weighted by molar-refractivity contribution is 0.628. The number of fused-ring (bicyclic) bond motifs is 1. The summed E-state index contributed by atoms with van der Waals surface area (Å²) in [7, 11) is 0. The first kappa shape index (κ1) is 13.9. The fraction of sp³-hybridized carbons (Fsp3) is 0. The second-order valence-electron chi connectivity index (χ2n) is 4.50. The minimum atomic E-state index is -0.483. The topological polar surface area (TPSA) is 50.9 Å². The molecule has 3 aromatic rings. The summed E-state index contributed by atoms with van der Waals surface area (Å²) in [5.41, 5.74) is 8.33. The Morgan fingerprint density at radius 1 is 1.05 bits per heavy atom. The van der Waals surface area contributed by atoms with Crippen LogP contribution in [0.2, 0.25) is 10.0 Å². The van der Waals surface area contributed by atoms with Crippen molar-refractivity contribution in [3.05, 3.63) is 58.5 Å². The highest BCUT2D eigenvalue weighted by Gasteiger charge is 2.10. The number of halogens is 3. The van der Waals surface area contributed by atoms with Crippen molar-refractivity contribution in [3.8, 4) is 0 Å². The minimum absolute atomic E-state index is 0.209. The molecule has 2 aromatic carbocycles. The standard InChI is InChI=1S/C15H10Cl2FN3/c16-11-5-8(18)6-12(17)15(11)21-13-3-4-20-14-7-9(19)1-2-10(13)14/h1-7H,19H2,(H,20,21). The summed E-state index contributed by atoms with van der Waals surface area (Å²) in [6.07, 6.45) is 1.65. The molecule has 106 valence electrons. The summed E-state index contributed by atoms with van der Waals surface area (Å²) >= 11 is 12.1. The van der Waals surface area contributed by atoms with Crippen LogP contribution in [0.15, 0.2) is 42.6 Å². The van der Waals surface area contributed by atoms with Crippen molar-refractivity contribution in [1.82, 2.24) is 4.98 Å². The van der Waals surface area contributed by atoms with Gasteiger partial charge >= 0.3 is 0 Å². The molecule has 0 aliphatic carbocycles. The number of anilines is 3. The number of nitrogens with zero attached hydrogens (tertiary/aromatic N) is 1. The van der Waals surface area contributed by atoms with E-state index in [0.29, 0.717) is 11.4 Å². The van der Waals surface area contributed by atoms with Gasteiger partial charge in [0.15, 0.2) is 0 Å². The molecular weight excluding hydrogens is 312 g/mol. The molecule has 0 saturated heterocycles. The first-order valence-electron chi connectivity index (χ1n) is 6.10. The van der Waals surface area contributed by atoms with Crippen molar-refractivity contribution in [1.29, 1.82) is 0 Å². The summed E-state index contributed by atoms with van der Waals surface area (Å²) < 4.78 is 13.2. The normalized spacial score (nSPS) is 10.8. The van der Waals surface area contributed by atoms with Gasteiger partial charge in [-0.3, -0.25) is 4.98 Å². The number of nitrogen functional groups attached to an aromatic ring is 1. The predicted molar refractivity (Wildman–Crippen MR) is 85.9 cm³/mol. The largest absolute Gasteiger partial charge is 0.399 e. The average molecular weight is 322 g/mol. The molecule has 0 amide bonds. The highest BCUT2D eigenvalue weighted by molar-refractivity contribution is 6.39. The van der Waals surface area contributed by atoms with Crippen LogP contribution in [-0.2, 0) is 0 Å². The Morgan fingerprint density at radius 2 is 1.76 bits per heavy atom. The summed E-state index contributed by atoms with van der Waals surface area (Å²) in [4.78, 5) is 4.26. The molecule has 0 unspecified atom stereocenters. The Kier molecular flexibility index (Phi) is 3.57. The Hall–Kier alpha value is -2.04. The van der Waals surface area contributed by atoms with E-state index in [-0.39, 0.29) is 10.0 Å². The van der Waals surface area contributed by atoms with Crippen molar-refractivity contribution in [2.24, 2.45) is 0 Å². The molecule has 0 saturated carbocycles. The Bertz CT molecular complexity index is 813. The van der Waals surface area contributed by atoms with E-state index in [9.17, 15) is 4.39 Å². The third-order valence-electron chi connectivity index (χ3n) is 3.03. The SMILES string of the molecule is Nc1ccc2c(Nc3c(Cl)cc(F)cc3Cl)ccnc2c1. The fourth-order valence-corrected chi connectivity index (χ4v) is 2.63. The Balaban J connectivity index is 2.11. The first-order valence-corrected chi connectivity index (χ1v) is 6.86. The van der Waals surface area contributed by atoms with Crippen LogP contribution in [0.3, 0.4) is 0 Å². The minimum Gasteiger partial charge on any atom is -0.399 e. The number of aromatic nitrogens is 1. The molecule has 21 heavy (non-hydrogen) atoms. The number of rotatable bonds is 2. The van der Waals surface area contributed by atoms with E-state index in [4.69, 9.17) is 28.9 Å². The monoisotopic (exact) mass is 321 g/mol. The second-order valence-corrected chi connectivity index (χ2v) is 5.32. The van der Waals surface area contributed by atoms with E-state index in [1.165, 1.54) is 12.1 Å². The van der Waals surface area contributed by atoms with Crippen LogP contribution in [0.25, 0.3) is 10.9 Å². The zero-order chi connectivity index (χ0) is 15.0. The second kappa shape index (κ2) is 5.39. The van der Waals surface area contributed by atoms with Gasteiger partial charge in [-0.25, -0.2) is 4.39 Å². The summed E-state index contributed by atoms with van der Waals surface area (Å²) in [5, 5.41) is 4.40. The van der Waals surface area contributed by atoms with Gasteiger partial charge in [0.2, 0.25) is 0 Å². The van der Waals surface area contributed by atoms with E-state index in [2.05, 4.69) is 10.3 Å². The van der Waals surface area contributed by atoms with E-state index in [1.807, 2.05) is 6.07 Å². The third-order valence-corrected chi connectivity index (χ3v) is 3.63. The molecule has 1 aromatic heterocycles. The van der Waals surface area contributed by atoms with Crippen molar-refractivity contribution in [2.45, 2.75) is 0 Å². The van der Waals surface area contributed by atoms with Crippen molar-refractivity contribution in [2.75, 3.05) is 11.1 Å². The lowest BCUT2D eigenvalue weighted by Crippen LogP contribution is -1.96. The van der Waals surface area contributed by atoms with Crippen LogP contribution in [0.5, 0.6) is 0 Å². The number of benzene rings is 2. The van der Waals surface area contributed by atoms with Gasteiger partial charge in [-0.15, -0.1) is 0 Å². The fourth-order valence-electron chi connectivity index (χ4n) is 2.07. The van der Waals surface area contributed by atoms with Gasteiger partial charge in [-0.1, -0.05) is 23.2 Å². The van der Waals surface area contributed by atoms with Crippen LogP contribution in [0.1, 0.15) is 0 Å². The van der Waals surface area contributed by atoms with E-state index in [1.54, 1.807) is 24.4 Å². The van der Waals surface area contributed by atoms with Gasteiger partial charge in [0, 0.05) is 23.0 Å². The molecule has 6 heteroatoms. The van der Waals surface area contributed by atoms with Gasteiger partial charge in [0.05, 0.1) is 21.2 Å². The predicted octanol–water partition coefficient (Wildman–Crippen LogP) is 5.01. The number of nitrogens with one attached hydrogen (secondary N) is 1. The summed E-state index contributed by atoms with van der Waals surface area (Å²) in [5.74, 6) is -0.483. The van der Waals surface area contributed by atoms with Crippen LogP contribution in [-0.4, -0.2) is 4.98 Å². The molecule has 0 atom stereocenters. The molecule has 0 radical (unpaired) electrons. The van der Waals surface area contributed by atoms with E-state index in [0.717, 1.165) is 16.6 Å². The van der Waals surface area contributed by atoms with Crippen LogP contribution < -0.4 is 11.1 Å².